The molecule has 0 aliphatic heterocycles. The van der Waals surface area contributed by atoms with Crippen LogP contribution in [0.15, 0.2) is 28.8 Å². The predicted molar refractivity (Wildman–Crippen MR) is 72.9 cm³/mol. The minimum Gasteiger partial charge on any atom is -0.339 e. The minimum absolute atomic E-state index is 0.467. The van der Waals surface area contributed by atoms with Gasteiger partial charge in [-0.15, -0.1) is 0 Å². The molecule has 0 radical (unpaired) electrons. The van der Waals surface area contributed by atoms with E-state index < -0.39 is 0 Å². The molecule has 0 saturated carbocycles. The molecular formula is C15H19N3O. The summed E-state index contributed by atoms with van der Waals surface area (Å²) in [5.41, 5.74) is 2.94. The highest BCUT2D eigenvalue weighted by molar-refractivity contribution is 5.32. The number of nitrogens with zero attached hydrogens (tertiary/aromatic N) is 2. The van der Waals surface area contributed by atoms with Crippen molar-refractivity contribution >= 4 is 0 Å². The van der Waals surface area contributed by atoms with Crippen molar-refractivity contribution in [1.82, 2.24) is 15.5 Å². The van der Waals surface area contributed by atoms with Crippen LogP contribution in [-0.4, -0.2) is 16.7 Å². The van der Waals surface area contributed by atoms with E-state index in [0.717, 1.165) is 13.0 Å². The summed E-state index contributed by atoms with van der Waals surface area (Å²) in [7, 11) is 0. The van der Waals surface area contributed by atoms with Gasteiger partial charge < -0.3 is 9.84 Å². The van der Waals surface area contributed by atoms with Crippen LogP contribution in [0.3, 0.4) is 0 Å². The molecule has 1 aromatic heterocycles. The summed E-state index contributed by atoms with van der Waals surface area (Å²) in [5, 5.41) is 7.41. The summed E-state index contributed by atoms with van der Waals surface area (Å²) < 4.78 is 5.12. The smallest absolute Gasteiger partial charge is 0.227 e. The van der Waals surface area contributed by atoms with Crippen LogP contribution < -0.4 is 5.32 Å². The van der Waals surface area contributed by atoms with Gasteiger partial charge in [-0.1, -0.05) is 29.4 Å². The normalized spacial score (nSPS) is 18.3. The lowest BCUT2D eigenvalue weighted by molar-refractivity contribution is 0.366. The van der Waals surface area contributed by atoms with Crippen molar-refractivity contribution < 1.29 is 4.52 Å². The largest absolute Gasteiger partial charge is 0.339 e. The molecule has 4 nitrogen and oxygen atoms in total. The van der Waals surface area contributed by atoms with Crippen LogP contribution in [0.25, 0.3) is 0 Å². The first-order chi connectivity index (χ1) is 9.33. The van der Waals surface area contributed by atoms with E-state index in [1.165, 1.54) is 30.4 Å². The topological polar surface area (TPSA) is 51.0 Å². The molecule has 1 aliphatic carbocycles. The van der Waals surface area contributed by atoms with Crippen LogP contribution in [0.4, 0.5) is 0 Å². The number of aryl methyl sites for hydroxylation is 2. The van der Waals surface area contributed by atoms with Crippen LogP contribution in [0.2, 0.25) is 0 Å². The van der Waals surface area contributed by atoms with Gasteiger partial charge in [0.25, 0.3) is 0 Å². The van der Waals surface area contributed by atoms with Crippen molar-refractivity contribution in [1.29, 1.82) is 0 Å². The molecule has 0 saturated heterocycles. The molecule has 2 aromatic rings. The van der Waals surface area contributed by atoms with Gasteiger partial charge >= 0.3 is 0 Å². The van der Waals surface area contributed by atoms with Crippen molar-refractivity contribution in [2.75, 3.05) is 6.54 Å². The Kier molecular flexibility index (Phi) is 3.60. The number of hydrogen-bond donors (Lipinski definition) is 1. The van der Waals surface area contributed by atoms with Crippen molar-refractivity contribution in [3.8, 4) is 0 Å². The SMILES string of the molecule is Cc1noc(CCNC2CCCc3ccccc32)n1. The molecule has 0 fully saturated rings. The fraction of sp³-hybridized carbons (Fsp3) is 0.467. The molecule has 1 aromatic carbocycles. The molecule has 0 bridgehead atoms. The zero-order valence-corrected chi connectivity index (χ0v) is 11.2. The number of hydrogen-bond acceptors (Lipinski definition) is 4. The van der Waals surface area contributed by atoms with Gasteiger partial charge in [-0.3, -0.25) is 0 Å². The number of benzene rings is 1. The lowest BCUT2D eigenvalue weighted by atomic mass is 9.88. The summed E-state index contributed by atoms with van der Waals surface area (Å²) in [6.07, 6.45) is 4.46. The van der Waals surface area contributed by atoms with Gasteiger partial charge in [0, 0.05) is 19.0 Å². The van der Waals surface area contributed by atoms with Gasteiger partial charge in [0.15, 0.2) is 5.82 Å². The Bertz CT molecular complexity index is 550. The number of aromatic nitrogens is 2. The lowest BCUT2D eigenvalue weighted by Crippen LogP contribution is -2.27. The van der Waals surface area contributed by atoms with E-state index in [1.807, 2.05) is 6.92 Å². The molecule has 4 heteroatoms. The Labute approximate surface area is 113 Å². The third-order valence-corrected chi connectivity index (χ3v) is 3.67. The number of rotatable bonds is 4. The Morgan fingerprint density at radius 2 is 2.26 bits per heavy atom. The third-order valence-electron chi connectivity index (χ3n) is 3.67. The first kappa shape index (κ1) is 12.4. The molecule has 1 unspecified atom stereocenters. The highest BCUT2D eigenvalue weighted by Crippen LogP contribution is 2.29. The average Bonchev–Trinajstić information content (AvgIpc) is 2.85. The fourth-order valence-corrected chi connectivity index (χ4v) is 2.76. The molecule has 100 valence electrons. The van der Waals surface area contributed by atoms with Gasteiger partial charge in [0.2, 0.25) is 5.89 Å². The van der Waals surface area contributed by atoms with Gasteiger partial charge in [-0.05, 0) is 37.3 Å². The average molecular weight is 257 g/mol. The monoisotopic (exact) mass is 257 g/mol. The Morgan fingerprint density at radius 1 is 1.37 bits per heavy atom. The van der Waals surface area contributed by atoms with Crippen molar-refractivity contribution in [3.63, 3.8) is 0 Å². The van der Waals surface area contributed by atoms with Crippen LogP contribution in [0.5, 0.6) is 0 Å². The van der Waals surface area contributed by atoms with Crippen molar-refractivity contribution in [2.24, 2.45) is 0 Å². The molecule has 0 spiro atoms. The summed E-state index contributed by atoms with van der Waals surface area (Å²) in [5.74, 6) is 1.42. The maximum absolute atomic E-state index is 5.12. The highest BCUT2D eigenvalue weighted by atomic mass is 16.5. The van der Waals surface area contributed by atoms with Gasteiger partial charge in [-0.25, -0.2) is 0 Å². The van der Waals surface area contributed by atoms with Gasteiger partial charge in [0.1, 0.15) is 0 Å². The quantitative estimate of drug-likeness (QED) is 0.914. The predicted octanol–water partition coefficient (Wildman–Crippen LogP) is 2.59. The van der Waals surface area contributed by atoms with E-state index in [1.54, 1.807) is 0 Å². The Hall–Kier alpha value is -1.68. The minimum atomic E-state index is 0.467. The first-order valence-corrected chi connectivity index (χ1v) is 6.93. The summed E-state index contributed by atoms with van der Waals surface area (Å²) in [4.78, 5) is 4.22. The zero-order valence-electron chi connectivity index (χ0n) is 11.2. The molecule has 1 aliphatic rings. The molecule has 19 heavy (non-hydrogen) atoms. The van der Waals surface area contributed by atoms with E-state index in [4.69, 9.17) is 4.52 Å². The molecule has 1 N–H and O–H groups in total. The summed E-state index contributed by atoms with van der Waals surface area (Å²) in [6, 6.07) is 9.20. The molecule has 1 heterocycles. The molecule has 0 amide bonds. The highest BCUT2D eigenvalue weighted by Gasteiger charge is 2.18. The van der Waals surface area contributed by atoms with Crippen molar-refractivity contribution in [3.05, 3.63) is 47.1 Å². The van der Waals surface area contributed by atoms with E-state index >= 15 is 0 Å². The van der Waals surface area contributed by atoms with Gasteiger partial charge in [-0.2, -0.15) is 4.98 Å². The van der Waals surface area contributed by atoms with E-state index in [-0.39, 0.29) is 0 Å². The molecule has 3 rings (SSSR count). The number of fused-ring (bicyclic) bond motifs is 1. The van der Waals surface area contributed by atoms with Crippen LogP contribution in [-0.2, 0) is 12.8 Å². The molecular weight excluding hydrogens is 238 g/mol. The van der Waals surface area contributed by atoms with Crippen LogP contribution in [0, 0.1) is 6.92 Å². The number of nitrogens with one attached hydrogen (secondary N) is 1. The van der Waals surface area contributed by atoms with E-state index in [2.05, 4.69) is 39.7 Å². The maximum atomic E-state index is 5.12. The zero-order chi connectivity index (χ0) is 13.1. The van der Waals surface area contributed by atoms with Gasteiger partial charge in [0.05, 0.1) is 0 Å². The van der Waals surface area contributed by atoms with Crippen LogP contribution in [0.1, 0.15) is 41.7 Å². The second-order valence-corrected chi connectivity index (χ2v) is 5.08. The van der Waals surface area contributed by atoms with Crippen molar-refractivity contribution in [2.45, 2.75) is 38.6 Å². The Morgan fingerprint density at radius 3 is 3.11 bits per heavy atom. The Balaban J connectivity index is 1.59. The summed E-state index contributed by atoms with van der Waals surface area (Å²) in [6.45, 7) is 2.72. The van der Waals surface area contributed by atoms with Crippen LogP contribution >= 0.6 is 0 Å². The van der Waals surface area contributed by atoms with E-state index in [9.17, 15) is 0 Å². The maximum Gasteiger partial charge on any atom is 0.227 e. The molecule has 1 atom stereocenters. The lowest BCUT2D eigenvalue weighted by Gasteiger charge is -2.26. The third kappa shape index (κ3) is 2.84. The fourth-order valence-electron chi connectivity index (χ4n) is 2.76. The second kappa shape index (κ2) is 5.53. The second-order valence-electron chi connectivity index (χ2n) is 5.08. The standard InChI is InChI=1S/C15H19N3O/c1-11-17-15(19-18-11)9-10-16-14-8-4-6-12-5-2-3-7-13(12)14/h2-3,5,7,14,16H,4,6,8-10H2,1H3. The first-order valence-electron chi connectivity index (χ1n) is 6.93. The van der Waals surface area contributed by atoms with E-state index in [0.29, 0.717) is 17.8 Å². The summed E-state index contributed by atoms with van der Waals surface area (Å²) >= 11 is 0.